The molecular formula is C29H46Cl6N4O12. The van der Waals surface area contributed by atoms with Gasteiger partial charge >= 0.3 is 35.8 Å². The van der Waals surface area contributed by atoms with E-state index in [1.54, 1.807) is 55.5 Å². The van der Waals surface area contributed by atoms with Crippen molar-refractivity contribution in [2.45, 2.75) is 120 Å². The maximum atomic E-state index is 12.0. The molecule has 0 aliphatic heterocycles. The molecule has 0 aliphatic carbocycles. The Morgan fingerprint density at radius 1 is 0.686 bits per heavy atom. The summed E-state index contributed by atoms with van der Waals surface area (Å²) in [4.78, 5) is 93.0. The lowest BCUT2D eigenvalue weighted by atomic mass is 10.2. The molecule has 4 atom stereocenters. The lowest BCUT2D eigenvalue weighted by Crippen LogP contribution is -2.51. The van der Waals surface area contributed by atoms with Crippen LogP contribution in [0.5, 0.6) is 0 Å². The van der Waals surface area contributed by atoms with Gasteiger partial charge in [0.05, 0.1) is 0 Å². The van der Waals surface area contributed by atoms with Crippen molar-refractivity contribution in [3.8, 4) is 0 Å². The number of nitrogens with zero attached hydrogens (tertiary/aromatic N) is 2. The number of aliphatic imine (C=N–C) groups is 1. The predicted molar refractivity (Wildman–Crippen MR) is 193 cm³/mol. The van der Waals surface area contributed by atoms with Gasteiger partial charge in [0.25, 0.3) is 13.5 Å². The first-order chi connectivity index (χ1) is 22.2. The Balaban J connectivity index is -0.000000362. The number of imide groups is 1. The molecule has 22 heteroatoms. The van der Waals surface area contributed by atoms with Gasteiger partial charge in [0, 0.05) is 7.05 Å². The first kappa shape index (κ1) is 55.3. The van der Waals surface area contributed by atoms with Gasteiger partial charge in [-0.3, -0.25) is 19.7 Å². The van der Waals surface area contributed by atoms with Gasteiger partial charge in [-0.2, -0.15) is 0 Å². The molecule has 0 aromatic carbocycles. The summed E-state index contributed by atoms with van der Waals surface area (Å²) in [6.07, 6.45) is -1.11. The standard InChI is InChI=1S/C14H21Cl3N2O6.C11H21NO4.C3Cl3NO2.CH4/c1-7(19(6)12(23)18-11(22)14(15,16)17)9(20)24-8(2)10(21)25-13(3,4)5;1-7(12-6)9(13)15-8(2)10(14)16-11(3,4)5;4-3(5,6)2(9)7-1-8;/h7-8H,1-6H3,(H,18,22,23);7-8,12H,1-6H3;;1H4. The molecule has 296 valence electrons. The number of carbonyl (C=O) groups is 7. The number of hydrogen-bond acceptors (Lipinski definition) is 13. The van der Waals surface area contributed by atoms with E-state index in [-0.39, 0.29) is 7.43 Å². The summed E-state index contributed by atoms with van der Waals surface area (Å²) in [5.41, 5.74) is -1.32. The minimum Gasteiger partial charge on any atom is -0.457 e. The van der Waals surface area contributed by atoms with Crippen molar-refractivity contribution in [2.75, 3.05) is 14.1 Å². The Morgan fingerprint density at radius 3 is 1.33 bits per heavy atom. The van der Waals surface area contributed by atoms with E-state index in [2.05, 4.69) is 10.3 Å². The molecule has 0 fully saturated rings. The smallest absolute Gasteiger partial charge is 0.347 e. The third-order valence-corrected chi connectivity index (χ3v) is 5.96. The molecule has 0 heterocycles. The first-order valence-electron chi connectivity index (χ1n) is 14.1. The van der Waals surface area contributed by atoms with Crippen molar-refractivity contribution in [1.29, 1.82) is 0 Å². The number of rotatable bonds is 8. The summed E-state index contributed by atoms with van der Waals surface area (Å²) in [7, 11) is 2.87. The van der Waals surface area contributed by atoms with E-state index in [9.17, 15) is 38.4 Å². The second-order valence-electron chi connectivity index (χ2n) is 11.8. The van der Waals surface area contributed by atoms with Crippen LogP contribution in [-0.2, 0) is 52.5 Å². The third-order valence-electron chi connectivity index (χ3n) is 4.96. The molecule has 0 rings (SSSR count). The number of esters is 4. The van der Waals surface area contributed by atoms with Crippen molar-refractivity contribution < 1.29 is 57.3 Å². The highest BCUT2D eigenvalue weighted by Crippen LogP contribution is 2.27. The fourth-order valence-electron chi connectivity index (χ4n) is 2.23. The molecule has 0 saturated carbocycles. The summed E-state index contributed by atoms with van der Waals surface area (Å²) < 4.78 is 15.6. The highest BCUT2D eigenvalue weighted by molar-refractivity contribution is 6.76. The van der Waals surface area contributed by atoms with Gasteiger partial charge in [-0.25, -0.2) is 24.0 Å². The molecule has 4 unspecified atom stereocenters. The lowest BCUT2D eigenvalue weighted by Gasteiger charge is -2.26. The first-order valence-corrected chi connectivity index (χ1v) is 16.4. The van der Waals surface area contributed by atoms with Crippen LogP contribution >= 0.6 is 69.6 Å². The Kier molecular flexibility index (Phi) is 26.0. The second-order valence-corrected chi connectivity index (χ2v) is 16.3. The number of alkyl halides is 6. The maximum absolute atomic E-state index is 12.0. The number of hydrogen-bond donors (Lipinski definition) is 2. The largest absolute Gasteiger partial charge is 0.457 e. The van der Waals surface area contributed by atoms with Crippen LogP contribution in [0.15, 0.2) is 4.99 Å². The van der Waals surface area contributed by atoms with Crippen LogP contribution in [0.1, 0.15) is 76.7 Å². The van der Waals surface area contributed by atoms with Gasteiger partial charge in [0.1, 0.15) is 23.3 Å². The SMILES string of the molecule is C.CC(OC(=O)C(C)N(C)C(=O)NC(=O)C(Cl)(Cl)Cl)C(=O)OC(C)(C)C.CNC(C)C(=O)OC(C)C(=O)OC(C)(C)C.O=C=NC(=O)C(Cl)(Cl)Cl. The van der Waals surface area contributed by atoms with Crippen LogP contribution in [0, 0.1) is 0 Å². The molecule has 0 saturated heterocycles. The minimum absolute atomic E-state index is 0. The van der Waals surface area contributed by atoms with Crippen molar-refractivity contribution >= 4 is 117 Å². The van der Waals surface area contributed by atoms with Crippen LogP contribution in [0.25, 0.3) is 0 Å². The van der Waals surface area contributed by atoms with Gasteiger partial charge in [0.2, 0.25) is 6.08 Å². The van der Waals surface area contributed by atoms with E-state index in [1.165, 1.54) is 27.8 Å². The number of isocyanates is 1. The summed E-state index contributed by atoms with van der Waals surface area (Å²) >= 11 is 30.9. The van der Waals surface area contributed by atoms with E-state index in [0.717, 1.165) is 11.0 Å². The third kappa shape index (κ3) is 26.9. The second kappa shape index (κ2) is 24.0. The Morgan fingerprint density at radius 2 is 1.06 bits per heavy atom. The number of nitrogens with one attached hydrogen (secondary N) is 2. The van der Waals surface area contributed by atoms with E-state index in [4.69, 9.17) is 88.6 Å². The van der Waals surface area contributed by atoms with E-state index in [0.29, 0.717) is 0 Å². The van der Waals surface area contributed by atoms with Gasteiger partial charge in [-0.05, 0) is 76.3 Å². The summed E-state index contributed by atoms with van der Waals surface area (Å²) in [5, 5.41) is 4.55. The normalized spacial score (nSPS) is 13.5. The zero-order valence-corrected chi connectivity index (χ0v) is 33.9. The molecule has 16 nitrogen and oxygen atoms in total. The molecule has 0 bridgehead atoms. The summed E-state index contributed by atoms with van der Waals surface area (Å²) in [5.74, 6) is -4.92. The highest BCUT2D eigenvalue weighted by atomic mass is 35.6. The molecule has 0 spiro atoms. The average Bonchev–Trinajstić information content (AvgIpc) is 2.93. The Bertz CT molecular complexity index is 1250. The molecule has 0 aromatic heterocycles. The molecular weight excluding hydrogens is 809 g/mol. The quantitative estimate of drug-likeness (QED) is 0.109. The fourth-order valence-corrected chi connectivity index (χ4v) is 2.50. The predicted octanol–water partition coefficient (Wildman–Crippen LogP) is 4.91. The molecule has 0 aromatic rings. The molecule has 2 N–H and O–H groups in total. The number of halogens is 6. The van der Waals surface area contributed by atoms with Crippen LogP contribution < -0.4 is 10.6 Å². The van der Waals surface area contributed by atoms with Crippen LogP contribution in [0.4, 0.5) is 4.79 Å². The number of carbonyl (C=O) groups excluding carboxylic acids is 8. The van der Waals surface area contributed by atoms with Crippen molar-refractivity contribution in [3.05, 3.63) is 0 Å². The van der Waals surface area contributed by atoms with E-state index in [1.807, 2.05) is 5.32 Å². The zero-order valence-electron chi connectivity index (χ0n) is 29.4. The highest BCUT2D eigenvalue weighted by Gasteiger charge is 2.35. The Hall–Kier alpha value is -2.43. The zero-order chi connectivity index (χ0) is 40.6. The van der Waals surface area contributed by atoms with Gasteiger partial charge < -0.3 is 29.2 Å². The van der Waals surface area contributed by atoms with Crippen LogP contribution in [-0.4, -0.2) is 110 Å². The average molecular weight is 855 g/mol. The maximum Gasteiger partial charge on any atom is 0.347 e. The number of likely N-dealkylation sites (N-methyl/N-ethyl adjacent to an activating group) is 2. The summed E-state index contributed by atoms with van der Waals surface area (Å²) in [6.45, 7) is 16.1. The molecule has 51 heavy (non-hydrogen) atoms. The lowest BCUT2D eigenvalue weighted by molar-refractivity contribution is -0.176. The van der Waals surface area contributed by atoms with Gasteiger partial charge in [-0.1, -0.05) is 77.0 Å². The van der Waals surface area contributed by atoms with Crippen LogP contribution in [0.3, 0.4) is 0 Å². The summed E-state index contributed by atoms with van der Waals surface area (Å²) in [6, 6.07) is -2.54. The number of ether oxygens (including phenoxy) is 4. The van der Waals surface area contributed by atoms with Gasteiger partial charge in [0.15, 0.2) is 12.2 Å². The Labute approximate surface area is 327 Å². The number of amides is 4. The van der Waals surface area contributed by atoms with Crippen molar-refractivity contribution in [3.63, 3.8) is 0 Å². The minimum atomic E-state index is -2.33. The molecule has 4 amide bonds. The molecule has 0 aliphatic rings. The monoisotopic (exact) mass is 852 g/mol. The van der Waals surface area contributed by atoms with E-state index < -0.39 is 84.8 Å². The fraction of sp³-hybridized carbons (Fsp3) is 0.724. The van der Waals surface area contributed by atoms with Gasteiger partial charge in [-0.15, -0.1) is 4.99 Å². The van der Waals surface area contributed by atoms with Crippen LogP contribution in [0.2, 0.25) is 0 Å². The molecule has 0 radical (unpaired) electrons. The van der Waals surface area contributed by atoms with Crippen molar-refractivity contribution in [1.82, 2.24) is 15.5 Å². The van der Waals surface area contributed by atoms with E-state index >= 15 is 0 Å². The van der Waals surface area contributed by atoms with Crippen molar-refractivity contribution in [2.24, 2.45) is 4.99 Å². The topological polar surface area (TPSA) is 213 Å². The number of urea groups is 1.